The van der Waals surface area contributed by atoms with Gasteiger partial charge >= 0.3 is 0 Å². The summed E-state index contributed by atoms with van der Waals surface area (Å²) in [6, 6.07) is 4.79. The van der Waals surface area contributed by atoms with Crippen molar-refractivity contribution in [2.24, 2.45) is 0 Å². The number of nitrogens with zero attached hydrogens (tertiary/aromatic N) is 1. The van der Waals surface area contributed by atoms with Gasteiger partial charge in [0, 0.05) is 18.3 Å². The van der Waals surface area contributed by atoms with Gasteiger partial charge in [0.1, 0.15) is 5.82 Å². The van der Waals surface area contributed by atoms with Crippen LogP contribution in [0.3, 0.4) is 0 Å². The topological polar surface area (TPSA) is 37.0 Å². The second-order valence-corrected chi connectivity index (χ2v) is 4.63. The molecule has 0 spiro atoms. The minimum atomic E-state index is 0.608. The number of pyridine rings is 1. The molecule has 2 heterocycles. The molecular formula is C13H21N3. The Balaban J connectivity index is 1.86. The highest BCUT2D eigenvalue weighted by atomic mass is 15.0. The molecule has 0 amide bonds. The molecule has 0 bridgehead atoms. The Hall–Kier alpha value is -1.09. The van der Waals surface area contributed by atoms with E-state index >= 15 is 0 Å². The average molecular weight is 219 g/mol. The first-order chi connectivity index (χ1) is 7.75. The van der Waals surface area contributed by atoms with Crippen molar-refractivity contribution >= 4 is 5.82 Å². The van der Waals surface area contributed by atoms with E-state index in [1.54, 1.807) is 0 Å². The Morgan fingerprint density at radius 3 is 2.94 bits per heavy atom. The van der Waals surface area contributed by atoms with Crippen LogP contribution in [0.15, 0.2) is 12.1 Å². The molecule has 0 aromatic carbocycles. The maximum Gasteiger partial charge on any atom is 0.126 e. The highest BCUT2D eigenvalue weighted by molar-refractivity contribution is 5.38. The van der Waals surface area contributed by atoms with Crippen LogP contribution in [0.25, 0.3) is 0 Å². The number of aromatic nitrogens is 1. The fourth-order valence-corrected chi connectivity index (χ4v) is 2.06. The molecule has 2 rings (SSSR count). The molecule has 1 aromatic heterocycles. The molecule has 3 nitrogen and oxygen atoms in total. The van der Waals surface area contributed by atoms with E-state index in [9.17, 15) is 0 Å². The summed E-state index contributed by atoms with van der Waals surface area (Å²) in [6.07, 6.45) is 3.94. The van der Waals surface area contributed by atoms with E-state index < -0.39 is 0 Å². The molecule has 3 heteroatoms. The molecule has 88 valence electrons. The number of piperidine rings is 1. The molecule has 1 aliphatic heterocycles. The van der Waals surface area contributed by atoms with E-state index in [2.05, 4.69) is 41.6 Å². The molecule has 1 aromatic rings. The Kier molecular flexibility index (Phi) is 3.78. The van der Waals surface area contributed by atoms with Crippen molar-refractivity contribution in [1.82, 2.24) is 10.3 Å². The van der Waals surface area contributed by atoms with Gasteiger partial charge < -0.3 is 10.6 Å². The second kappa shape index (κ2) is 5.30. The van der Waals surface area contributed by atoms with Crippen LogP contribution in [0.1, 0.15) is 30.5 Å². The van der Waals surface area contributed by atoms with Crippen LogP contribution in [0, 0.1) is 13.8 Å². The van der Waals surface area contributed by atoms with E-state index in [-0.39, 0.29) is 0 Å². The lowest BCUT2D eigenvalue weighted by atomic mass is 10.1. The van der Waals surface area contributed by atoms with Crippen molar-refractivity contribution < 1.29 is 0 Å². The Bertz CT molecular complexity index is 343. The van der Waals surface area contributed by atoms with Gasteiger partial charge in [-0.2, -0.15) is 0 Å². The lowest BCUT2D eigenvalue weighted by Gasteiger charge is -2.23. The van der Waals surface area contributed by atoms with Gasteiger partial charge in [-0.1, -0.05) is 12.5 Å². The van der Waals surface area contributed by atoms with E-state index in [1.165, 1.54) is 24.8 Å². The third kappa shape index (κ3) is 2.95. The summed E-state index contributed by atoms with van der Waals surface area (Å²) in [5, 5.41) is 6.93. The first-order valence-corrected chi connectivity index (χ1v) is 6.17. The summed E-state index contributed by atoms with van der Waals surface area (Å²) in [5.41, 5.74) is 2.36. The highest BCUT2D eigenvalue weighted by Gasteiger charge is 2.11. The maximum atomic E-state index is 4.52. The summed E-state index contributed by atoms with van der Waals surface area (Å²) >= 11 is 0. The minimum Gasteiger partial charge on any atom is -0.369 e. The van der Waals surface area contributed by atoms with Crippen LogP contribution in [-0.2, 0) is 0 Å². The molecule has 1 fully saturated rings. The fourth-order valence-electron chi connectivity index (χ4n) is 2.06. The maximum absolute atomic E-state index is 4.52. The molecule has 0 aliphatic carbocycles. The Labute approximate surface area is 97.7 Å². The van der Waals surface area contributed by atoms with Gasteiger partial charge in [-0.05, 0) is 44.9 Å². The number of hydrogen-bond acceptors (Lipinski definition) is 3. The summed E-state index contributed by atoms with van der Waals surface area (Å²) in [7, 11) is 0. The third-order valence-corrected chi connectivity index (χ3v) is 3.29. The number of rotatable bonds is 3. The minimum absolute atomic E-state index is 0.608. The molecule has 0 radical (unpaired) electrons. The third-order valence-electron chi connectivity index (χ3n) is 3.29. The predicted octanol–water partition coefficient (Wildman–Crippen LogP) is 2.25. The summed E-state index contributed by atoms with van der Waals surface area (Å²) in [5.74, 6) is 0.996. The van der Waals surface area contributed by atoms with Crippen molar-refractivity contribution in [3.05, 3.63) is 23.4 Å². The molecule has 16 heavy (non-hydrogen) atoms. The quantitative estimate of drug-likeness (QED) is 0.818. The Morgan fingerprint density at radius 2 is 2.25 bits per heavy atom. The van der Waals surface area contributed by atoms with Gasteiger partial charge in [-0.3, -0.25) is 0 Å². The van der Waals surface area contributed by atoms with Crippen LogP contribution < -0.4 is 10.6 Å². The largest absolute Gasteiger partial charge is 0.369 e. The molecule has 0 saturated carbocycles. The number of aryl methyl sites for hydroxylation is 2. The zero-order valence-electron chi connectivity index (χ0n) is 10.2. The highest BCUT2D eigenvalue weighted by Crippen LogP contribution is 2.11. The molecule has 1 saturated heterocycles. The Morgan fingerprint density at radius 1 is 1.38 bits per heavy atom. The predicted molar refractivity (Wildman–Crippen MR) is 67.8 cm³/mol. The van der Waals surface area contributed by atoms with Crippen molar-refractivity contribution in [1.29, 1.82) is 0 Å². The van der Waals surface area contributed by atoms with E-state index in [4.69, 9.17) is 0 Å². The van der Waals surface area contributed by atoms with E-state index in [1.807, 2.05) is 0 Å². The molecule has 1 unspecified atom stereocenters. The average Bonchev–Trinajstić information content (AvgIpc) is 2.32. The monoisotopic (exact) mass is 219 g/mol. The molecule has 1 aliphatic rings. The van der Waals surface area contributed by atoms with Gasteiger partial charge in [-0.15, -0.1) is 0 Å². The van der Waals surface area contributed by atoms with Gasteiger partial charge in [0.2, 0.25) is 0 Å². The van der Waals surface area contributed by atoms with Crippen LogP contribution >= 0.6 is 0 Å². The van der Waals surface area contributed by atoms with Gasteiger partial charge in [-0.25, -0.2) is 4.98 Å². The molecular weight excluding hydrogens is 198 g/mol. The number of nitrogens with one attached hydrogen (secondary N) is 2. The lowest BCUT2D eigenvalue weighted by molar-refractivity contribution is 0.414. The van der Waals surface area contributed by atoms with Gasteiger partial charge in [0.05, 0.1) is 0 Å². The molecule has 1 atom stereocenters. The SMILES string of the molecule is Cc1ccc(NCC2CCCCN2)nc1C. The van der Waals surface area contributed by atoms with Gasteiger partial charge in [0.15, 0.2) is 0 Å². The first-order valence-electron chi connectivity index (χ1n) is 6.17. The summed E-state index contributed by atoms with van der Waals surface area (Å²) in [6.45, 7) is 6.29. The number of hydrogen-bond donors (Lipinski definition) is 2. The lowest BCUT2D eigenvalue weighted by Crippen LogP contribution is -2.39. The summed E-state index contributed by atoms with van der Waals surface area (Å²) < 4.78 is 0. The summed E-state index contributed by atoms with van der Waals surface area (Å²) in [4.78, 5) is 4.52. The first kappa shape index (κ1) is 11.4. The standard InChI is InChI=1S/C13H21N3/c1-10-6-7-13(16-11(10)2)15-9-12-5-3-4-8-14-12/h6-7,12,14H,3-5,8-9H2,1-2H3,(H,15,16). The van der Waals surface area contributed by atoms with Crippen LogP contribution in [0.4, 0.5) is 5.82 Å². The molecule has 2 N–H and O–H groups in total. The zero-order valence-corrected chi connectivity index (χ0v) is 10.2. The van der Waals surface area contributed by atoms with Crippen molar-refractivity contribution in [2.45, 2.75) is 39.2 Å². The van der Waals surface area contributed by atoms with Crippen molar-refractivity contribution in [3.8, 4) is 0 Å². The second-order valence-electron chi connectivity index (χ2n) is 4.63. The van der Waals surface area contributed by atoms with Crippen molar-refractivity contribution in [2.75, 3.05) is 18.4 Å². The van der Waals surface area contributed by atoms with Gasteiger partial charge in [0.25, 0.3) is 0 Å². The smallest absolute Gasteiger partial charge is 0.126 e. The van der Waals surface area contributed by atoms with E-state index in [0.29, 0.717) is 6.04 Å². The zero-order chi connectivity index (χ0) is 11.4. The fraction of sp³-hybridized carbons (Fsp3) is 0.615. The number of anilines is 1. The van der Waals surface area contributed by atoms with Crippen LogP contribution in [0.5, 0.6) is 0 Å². The normalized spacial score (nSPS) is 20.8. The van der Waals surface area contributed by atoms with E-state index in [0.717, 1.165) is 24.6 Å². The van der Waals surface area contributed by atoms with Crippen LogP contribution in [0.2, 0.25) is 0 Å². The van der Waals surface area contributed by atoms with Crippen LogP contribution in [-0.4, -0.2) is 24.1 Å². The van der Waals surface area contributed by atoms with Crippen molar-refractivity contribution in [3.63, 3.8) is 0 Å².